The van der Waals surface area contributed by atoms with Crippen molar-refractivity contribution in [1.29, 1.82) is 0 Å². The van der Waals surface area contributed by atoms with Gasteiger partial charge in [-0.15, -0.1) is 0 Å². The van der Waals surface area contributed by atoms with E-state index >= 15 is 0 Å². The maximum Gasteiger partial charge on any atom is 0.141 e. The fraction of sp³-hybridized carbons (Fsp3) is 0.500. The number of carbonyl (C=O) groups excluding carboxylic acids is 1. The Hall–Kier alpha value is -1.18. The summed E-state index contributed by atoms with van der Waals surface area (Å²) in [7, 11) is 0. The van der Waals surface area contributed by atoms with Crippen LogP contribution in [0.3, 0.4) is 0 Å². The molecular weight excluding hydrogens is 174 g/mol. The van der Waals surface area contributed by atoms with Gasteiger partial charge < -0.3 is 0 Å². The van der Waals surface area contributed by atoms with Gasteiger partial charge in [-0.05, 0) is 18.1 Å². The van der Waals surface area contributed by atoms with Crippen molar-refractivity contribution in [2.45, 2.75) is 33.1 Å². The summed E-state index contributed by atoms with van der Waals surface area (Å²) in [6, 6.07) is 5.73. The molecular formula is C12H17NO. The van der Waals surface area contributed by atoms with E-state index in [1.54, 1.807) is 6.20 Å². The second-order valence-corrected chi connectivity index (χ2v) is 3.80. The first kappa shape index (κ1) is 10.9. The van der Waals surface area contributed by atoms with Gasteiger partial charge in [-0.3, -0.25) is 9.78 Å². The first-order chi connectivity index (χ1) is 6.66. The van der Waals surface area contributed by atoms with Crippen molar-refractivity contribution in [2.75, 3.05) is 0 Å². The van der Waals surface area contributed by atoms with Crippen LogP contribution in [0.4, 0.5) is 0 Å². The molecule has 0 aliphatic heterocycles. The van der Waals surface area contributed by atoms with Crippen molar-refractivity contribution in [3.63, 3.8) is 0 Å². The van der Waals surface area contributed by atoms with Crippen LogP contribution in [0.1, 0.15) is 38.8 Å². The van der Waals surface area contributed by atoms with Gasteiger partial charge in [0.2, 0.25) is 0 Å². The van der Waals surface area contributed by atoms with Crippen LogP contribution in [-0.2, 0) is 4.79 Å². The molecule has 76 valence electrons. The smallest absolute Gasteiger partial charge is 0.141 e. The number of hydrogen-bond acceptors (Lipinski definition) is 2. The number of ketones is 1. The second-order valence-electron chi connectivity index (χ2n) is 3.80. The Kier molecular flexibility index (Phi) is 3.81. The predicted octanol–water partition coefficient (Wildman–Crippen LogP) is 2.80. The third kappa shape index (κ3) is 2.41. The Morgan fingerprint density at radius 3 is 2.57 bits per heavy atom. The maximum absolute atomic E-state index is 11.7. The third-order valence-electron chi connectivity index (χ3n) is 2.37. The van der Waals surface area contributed by atoms with Crippen LogP contribution >= 0.6 is 0 Å². The highest BCUT2D eigenvalue weighted by Gasteiger charge is 2.23. The van der Waals surface area contributed by atoms with Crippen molar-refractivity contribution in [3.05, 3.63) is 30.1 Å². The molecule has 0 aliphatic rings. The molecule has 0 N–H and O–H groups in total. The summed E-state index contributed by atoms with van der Waals surface area (Å²) < 4.78 is 0. The molecule has 0 aliphatic carbocycles. The number of carbonyl (C=O) groups is 1. The Labute approximate surface area is 85.4 Å². The van der Waals surface area contributed by atoms with Crippen LogP contribution in [0.5, 0.6) is 0 Å². The molecule has 2 heteroatoms. The zero-order valence-electron chi connectivity index (χ0n) is 9.03. The van der Waals surface area contributed by atoms with Crippen molar-refractivity contribution in [2.24, 2.45) is 5.92 Å². The average Bonchev–Trinajstić information content (AvgIpc) is 2.19. The van der Waals surface area contributed by atoms with Gasteiger partial charge in [0.1, 0.15) is 5.78 Å². The molecule has 0 aromatic carbocycles. The highest BCUT2D eigenvalue weighted by atomic mass is 16.1. The number of rotatable bonds is 4. The van der Waals surface area contributed by atoms with E-state index in [4.69, 9.17) is 0 Å². The second kappa shape index (κ2) is 4.89. The number of Topliss-reactive ketones (excluding diaryl/α,β-unsaturated/α-hetero) is 1. The summed E-state index contributed by atoms with van der Waals surface area (Å²) in [6.45, 7) is 6.03. The van der Waals surface area contributed by atoms with Gasteiger partial charge in [-0.2, -0.15) is 0 Å². The van der Waals surface area contributed by atoms with Crippen LogP contribution in [0.15, 0.2) is 24.4 Å². The molecule has 1 atom stereocenters. The molecule has 0 saturated heterocycles. The van der Waals surface area contributed by atoms with E-state index in [9.17, 15) is 4.79 Å². The lowest BCUT2D eigenvalue weighted by Gasteiger charge is -2.17. The topological polar surface area (TPSA) is 30.0 Å². The van der Waals surface area contributed by atoms with Gasteiger partial charge in [-0.1, -0.05) is 26.8 Å². The molecule has 1 aromatic rings. The summed E-state index contributed by atoms with van der Waals surface area (Å²) in [6.07, 6.45) is 2.33. The maximum atomic E-state index is 11.7. The lowest BCUT2D eigenvalue weighted by atomic mass is 9.87. The van der Waals surface area contributed by atoms with Gasteiger partial charge in [0, 0.05) is 12.6 Å². The Morgan fingerprint density at radius 1 is 1.43 bits per heavy atom. The molecule has 1 aromatic heterocycles. The van der Waals surface area contributed by atoms with Gasteiger partial charge in [0.25, 0.3) is 0 Å². The Morgan fingerprint density at radius 2 is 2.14 bits per heavy atom. The zero-order valence-corrected chi connectivity index (χ0v) is 9.03. The summed E-state index contributed by atoms with van der Waals surface area (Å²) in [4.78, 5) is 16.0. The molecule has 1 heterocycles. The van der Waals surface area contributed by atoms with Crippen molar-refractivity contribution in [1.82, 2.24) is 4.98 Å². The van der Waals surface area contributed by atoms with Gasteiger partial charge in [-0.25, -0.2) is 0 Å². The minimum absolute atomic E-state index is 0.0406. The minimum atomic E-state index is -0.0406. The highest BCUT2D eigenvalue weighted by molar-refractivity contribution is 5.85. The first-order valence-electron chi connectivity index (χ1n) is 5.10. The molecule has 0 saturated carbocycles. The summed E-state index contributed by atoms with van der Waals surface area (Å²) in [5.41, 5.74) is 0.898. The average molecular weight is 191 g/mol. The summed E-state index contributed by atoms with van der Waals surface area (Å²) >= 11 is 0. The van der Waals surface area contributed by atoms with E-state index in [1.807, 2.05) is 25.1 Å². The van der Waals surface area contributed by atoms with Gasteiger partial charge in [0.15, 0.2) is 0 Å². The summed E-state index contributed by atoms with van der Waals surface area (Å²) in [5.74, 6) is 0.553. The molecule has 0 spiro atoms. The Balaban J connectivity index is 2.95. The first-order valence-corrected chi connectivity index (χ1v) is 5.10. The standard InChI is InChI=1S/C12H17NO/c1-4-11(14)12(9(2)3)10-7-5-6-8-13-10/h5-9,12H,4H2,1-3H3/t12-/m1/s1. The minimum Gasteiger partial charge on any atom is -0.299 e. The number of nitrogens with zero attached hydrogens (tertiary/aromatic N) is 1. The van der Waals surface area contributed by atoms with Crippen LogP contribution in [-0.4, -0.2) is 10.8 Å². The fourth-order valence-corrected chi connectivity index (χ4v) is 1.66. The van der Waals surface area contributed by atoms with E-state index < -0.39 is 0 Å². The van der Waals surface area contributed by atoms with E-state index in [0.717, 1.165) is 5.69 Å². The lowest BCUT2D eigenvalue weighted by molar-refractivity contribution is -0.121. The number of pyridine rings is 1. The van der Waals surface area contributed by atoms with Crippen molar-refractivity contribution >= 4 is 5.78 Å². The van der Waals surface area contributed by atoms with E-state index in [2.05, 4.69) is 18.8 Å². The molecule has 0 amide bonds. The quantitative estimate of drug-likeness (QED) is 0.732. The molecule has 0 unspecified atom stereocenters. The van der Waals surface area contributed by atoms with Crippen LogP contribution in [0.2, 0.25) is 0 Å². The highest BCUT2D eigenvalue weighted by Crippen LogP contribution is 2.24. The lowest BCUT2D eigenvalue weighted by Crippen LogP contribution is -2.18. The SMILES string of the molecule is CCC(=O)[C@@H](c1ccccn1)C(C)C. The monoisotopic (exact) mass is 191 g/mol. The van der Waals surface area contributed by atoms with Crippen LogP contribution in [0.25, 0.3) is 0 Å². The van der Waals surface area contributed by atoms with Gasteiger partial charge >= 0.3 is 0 Å². The van der Waals surface area contributed by atoms with Crippen molar-refractivity contribution < 1.29 is 4.79 Å². The third-order valence-corrected chi connectivity index (χ3v) is 2.37. The predicted molar refractivity (Wildman–Crippen MR) is 57.1 cm³/mol. The molecule has 0 fully saturated rings. The number of hydrogen-bond donors (Lipinski definition) is 0. The van der Waals surface area contributed by atoms with Crippen LogP contribution < -0.4 is 0 Å². The van der Waals surface area contributed by atoms with E-state index in [-0.39, 0.29) is 11.7 Å². The van der Waals surface area contributed by atoms with E-state index in [0.29, 0.717) is 12.3 Å². The molecule has 14 heavy (non-hydrogen) atoms. The normalized spacial score (nSPS) is 12.9. The molecule has 0 radical (unpaired) electrons. The van der Waals surface area contributed by atoms with E-state index in [1.165, 1.54) is 0 Å². The molecule has 2 nitrogen and oxygen atoms in total. The summed E-state index contributed by atoms with van der Waals surface area (Å²) in [5, 5.41) is 0. The molecule has 1 rings (SSSR count). The van der Waals surface area contributed by atoms with Crippen molar-refractivity contribution in [3.8, 4) is 0 Å². The largest absolute Gasteiger partial charge is 0.299 e. The van der Waals surface area contributed by atoms with Crippen LogP contribution in [0, 0.1) is 5.92 Å². The fourth-order valence-electron chi connectivity index (χ4n) is 1.66. The Bertz CT molecular complexity index is 292. The van der Waals surface area contributed by atoms with Gasteiger partial charge in [0.05, 0.1) is 11.6 Å². The number of aromatic nitrogens is 1. The zero-order chi connectivity index (χ0) is 10.6. The molecule has 0 bridgehead atoms.